The van der Waals surface area contributed by atoms with E-state index in [9.17, 15) is 0 Å². The molecule has 0 spiro atoms. The Kier molecular flexibility index (Phi) is 4.51. The average molecular weight is 451 g/mol. The smallest absolute Gasteiger partial charge is 0.231 e. The predicted molar refractivity (Wildman–Crippen MR) is 121 cm³/mol. The van der Waals surface area contributed by atoms with Gasteiger partial charge in [0.05, 0.1) is 11.8 Å². The minimum atomic E-state index is -0.305. The molecule has 0 aromatic heterocycles. The fraction of sp³-hybridized carbons (Fsp3) is 0.208. The van der Waals surface area contributed by atoms with Gasteiger partial charge in [0.15, 0.2) is 11.5 Å². The molecule has 3 aromatic carbocycles. The summed E-state index contributed by atoms with van der Waals surface area (Å²) in [6.45, 7) is 0.258. The molecule has 0 bridgehead atoms. The molecule has 5 nitrogen and oxygen atoms in total. The van der Waals surface area contributed by atoms with Gasteiger partial charge in [-0.15, -0.1) is 11.8 Å². The van der Waals surface area contributed by atoms with Crippen LogP contribution in [-0.2, 0) is 0 Å². The Morgan fingerprint density at radius 2 is 1.77 bits per heavy atom. The maximum absolute atomic E-state index is 6.43. The van der Waals surface area contributed by atoms with Crippen LogP contribution in [-0.4, -0.2) is 23.8 Å². The number of nitrogens with zero attached hydrogens (tertiary/aromatic N) is 2. The minimum absolute atomic E-state index is 0.0492. The number of hydrogen-bond donors (Lipinski definition) is 0. The Balaban J connectivity index is 1.42. The zero-order valence-corrected chi connectivity index (χ0v) is 18.3. The molecule has 7 heteroatoms. The van der Waals surface area contributed by atoms with Crippen LogP contribution < -0.4 is 14.2 Å². The van der Waals surface area contributed by atoms with Crippen LogP contribution in [0.2, 0.25) is 5.02 Å². The van der Waals surface area contributed by atoms with Crippen LogP contribution in [0.4, 0.5) is 0 Å². The lowest BCUT2D eigenvalue weighted by atomic mass is 9.95. The Bertz CT molecular complexity index is 1200. The highest BCUT2D eigenvalue weighted by Gasteiger charge is 2.41. The molecule has 6 rings (SSSR count). The Morgan fingerprint density at radius 1 is 0.968 bits per heavy atom. The maximum Gasteiger partial charge on any atom is 0.231 e. The van der Waals surface area contributed by atoms with Crippen molar-refractivity contribution in [1.82, 2.24) is 5.01 Å². The summed E-state index contributed by atoms with van der Waals surface area (Å²) in [5, 5.41) is 7.77. The number of hydrogen-bond acceptors (Lipinski definition) is 6. The maximum atomic E-state index is 6.43. The van der Waals surface area contributed by atoms with E-state index in [1.807, 2.05) is 36.4 Å². The molecule has 3 aromatic rings. The van der Waals surface area contributed by atoms with Crippen molar-refractivity contribution >= 4 is 29.1 Å². The highest BCUT2D eigenvalue weighted by molar-refractivity contribution is 7.98. The van der Waals surface area contributed by atoms with E-state index in [4.69, 9.17) is 30.9 Å². The summed E-state index contributed by atoms with van der Waals surface area (Å²) in [6.07, 6.45) is 2.53. The summed E-state index contributed by atoms with van der Waals surface area (Å²) in [7, 11) is 0. The molecule has 0 fully saturated rings. The summed E-state index contributed by atoms with van der Waals surface area (Å²) in [4.78, 5) is 1.22. The van der Waals surface area contributed by atoms with Gasteiger partial charge in [0.2, 0.25) is 13.0 Å². The summed E-state index contributed by atoms with van der Waals surface area (Å²) < 4.78 is 17.4. The predicted octanol–water partition coefficient (Wildman–Crippen LogP) is 6.03. The van der Waals surface area contributed by atoms with E-state index in [1.54, 1.807) is 11.8 Å². The molecular weight excluding hydrogens is 432 g/mol. The Labute approximate surface area is 189 Å². The molecule has 0 N–H and O–H groups in total. The first-order valence-corrected chi connectivity index (χ1v) is 11.7. The van der Waals surface area contributed by atoms with Crippen LogP contribution in [0.15, 0.2) is 70.7 Å². The number of rotatable bonds is 3. The number of hydrazone groups is 1. The number of fused-ring (bicyclic) bond motifs is 4. The Morgan fingerprint density at radius 3 is 2.61 bits per heavy atom. The van der Waals surface area contributed by atoms with Gasteiger partial charge in [-0.1, -0.05) is 23.7 Å². The largest absolute Gasteiger partial charge is 0.464 e. The van der Waals surface area contributed by atoms with Crippen molar-refractivity contribution in [1.29, 1.82) is 0 Å². The molecule has 3 aliphatic rings. The molecule has 0 aliphatic carbocycles. The van der Waals surface area contributed by atoms with Gasteiger partial charge < -0.3 is 14.2 Å². The second-order valence-electron chi connectivity index (χ2n) is 7.64. The molecule has 3 aliphatic heterocycles. The molecule has 2 unspecified atom stereocenters. The van der Waals surface area contributed by atoms with E-state index in [0.717, 1.165) is 46.1 Å². The number of halogens is 1. The van der Waals surface area contributed by atoms with Gasteiger partial charge in [0, 0.05) is 33.0 Å². The minimum Gasteiger partial charge on any atom is -0.464 e. The van der Waals surface area contributed by atoms with Crippen LogP contribution in [0.25, 0.3) is 0 Å². The highest BCUT2D eigenvalue weighted by atomic mass is 35.5. The second-order valence-corrected chi connectivity index (χ2v) is 8.96. The van der Waals surface area contributed by atoms with Gasteiger partial charge in [0.25, 0.3) is 0 Å². The van der Waals surface area contributed by atoms with E-state index in [-0.39, 0.29) is 19.1 Å². The van der Waals surface area contributed by atoms with Crippen LogP contribution >= 0.6 is 23.4 Å². The van der Waals surface area contributed by atoms with Crippen molar-refractivity contribution in [3.63, 3.8) is 0 Å². The quantitative estimate of drug-likeness (QED) is 0.455. The van der Waals surface area contributed by atoms with E-state index in [0.29, 0.717) is 5.02 Å². The van der Waals surface area contributed by atoms with E-state index in [2.05, 4.69) is 35.5 Å². The van der Waals surface area contributed by atoms with Crippen molar-refractivity contribution in [2.45, 2.75) is 23.6 Å². The lowest BCUT2D eigenvalue weighted by Crippen LogP contribution is -2.33. The van der Waals surface area contributed by atoms with Crippen LogP contribution in [0.5, 0.6) is 17.2 Å². The fourth-order valence-electron chi connectivity index (χ4n) is 4.30. The monoisotopic (exact) mass is 450 g/mol. The third-order valence-electron chi connectivity index (χ3n) is 5.86. The summed E-state index contributed by atoms with van der Waals surface area (Å²) >= 11 is 8.05. The molecule has 0 saturated heterocycles. The van der Waals surface area contributed by atoms with Gasteiger partial charge in [-0.25, -0.2) is 5.01 Å². The summed E-state index contributed by atoms with van der Waals surface area (Å²) in [5.41, 5.74) is 4.15. The van der Waals surface area contributed by atoms with Crippen molar-refractivity contribution in [2.75, 3.05) is 13.0 Å². The molecule has 2 atom stereocenters. The molecule has 0 amide bonds. The third-order valence-corrected chi connectivity index (χ3v) is 6.84. The van der Waals surface area contributed by atoms with Gasteiger partial charge in [-0.05, 0) is 54.8 Å². The first kappa shape index (κ1) is 18.9. The van der Waals surface area contributed by atoms with E-state index < -0.39 is 0 Å². The molecule has 3 heterocycles. The average Bonchev–Trinajstić information content (AvgIpc) is 3.45. The fourth-order valence-corrected chi connectivity index (χ4v) is 4.89. The molecule has 0 saturated carbocycles. The van der Waals surface area contributed by atoms with E-state index >= 15 is 0 Å². The molecule has 0 radical (unpaired) electrons. The van der Waals surface area contributed by atoms with Gasteiger partial charge >= 0.3 is 0 Å². The van der Waals surface area contributed by atoms with Gasteiger partial charge in [-0.3, -0.25) is 0 Å². The SMILES string of the molecule is CSc1ccc(C2Oc3ccc(Cl)cc3C3CC(c4ccc5c(c4)OCO5)=NN32)cc1. The second kappa shape index (κ2) is 7.39. The van der Waals surface area contributed by atoms with E-state index in [1.165, 1.54) is 4.90 Å². The first-order chi connectivity index (χ1) is 15.2. The van der Waals surface area contributed by atoms with Crippen molar-refractivity contribution in [3.8, 4) is 17.2 Å². The number of ether oxygens (including phenoxy) is 3. The van der Waals surface area contributed by atoms with Crippen LogP contribution in [0.3, 0.4) is 0 Å². The molecular formula is C24H19ClN2O3S. The standard InChI is InChI=1S/C24H19ClN2O3S/c1-31-17-6-2-14(3-7-17)24-27-20(18-11-16(25)5-9-21(18)30-24)12-19(26-27)15-4-8-22-23(10-15)29-13-28-22/h2-11,20,24H,12-13H2,1H3. The summed E-state index contributed by atoms with van der Waals surface area (Å²) in [6, 6.07) is 20.3. The van der Waals surface area contributed by atoms with Crippen LogP contribution in [0, 0.1) is 0 Å². The Hall–Kier alpha value is -2.83. The summed E-state index contributed by atoms with van der Waals surface area (Å²) in [5.74, 6) is 2.38. The first-order valence-electron chi connectivity index (χ1n) is 10.1. The highest BCUT2D eigenvalue weighted by Crippen LogP contribution is 2.48. The van der Waals surface area contributed by atoms with Crippen molar-refractivity contribution in [2.24, 2.45) is 5.10 Å². The topological polar surface area (TPSA) is 43.3 Å². The van der Waals surface area contributed by atoms with Crippen molar-refractivity contribution < 1.29 is 14.2 Å². The lowest BCUT2D eigenvalue weighted by molar-refractivity contribution is -0.0190. The lowest BCUT2D eigenvalue weighted by Gasteiger charge is -2.38. The zero-order chi connectivity index (χ0) is 20.9. The van der Waals surface area contributed by atoms with Gasteiger partial charge in [0.1, 0.15) is 5.75 Å². The van der Waals surface area contributed by atoms with Crippen molar-refractivity contribution in [3.05, 3.63) is 82.4 Å². The normalized spacial score (nSPS) is 20.7. The zero-order valence-electron chi connectivity index (χ0n) is 16.7. The number of benzene rings is 3. The number of thioether (sulfide) groups is 1. The van der Waals surface area contributed by atoms with Gasteiger partial charge in [-0.2, -0.15) is 5.10 Å². The molecule has 156 valence electrons. The third kappa shape index (κ3) is 3.22. The molecule has 31 heavy (non-hydrogen) atoms. The van der Waals surface area contributed by atoms with Crippen LogP contribution in [0.1, 0.15) is 35.4 Å².